The molecule has 0 saturated carbocycles. The van der Waals surface area contributed by atoms with Crippen LogP contribution in [0.3, 0.4) is 0 Å². The van der Waals surface area contributed by atoms with Gasteiger partial charge in [0.25, 0.3) is 0 Å². The van der Waals surface area contributed by atoms with E-state index in [2.05, 4.69) is 73.6 Å². The maximum atomic E-state index is 5.45. The number of aliphatic imine (C=N–C) groups is 1. The normalized spacial score (nSPS) is 11.9. The second kappa shape index (κ2) is 10.9. The molecular weight excluding hydrogens is 350 g/mol. The topological polar surface area (TPSA) is 54.7 Å². The molecule has 0 saturated heterocycles. The zero-order chi connectivity index (χ0) is 20.5. The van der Waals surface area contributed by atoms with Crippen LogP contribution in [0.5, 0.6) is 0 Å². The molecule has 154 valence electrons. The summed E-state index contributed by atoms with van der Waals surface area (Å²) < 4.78 is 7.35. The van der Waals surface area contributed by atoms with Gasteiger partial charge in [-0.3, -0.25) is 4.68 Å². The van der Waals surface area contributed by atoms with E-state index in [4.69, 9.17) is 9.73 Å². The lowest BCUT2D eigenvalue weighted by atomic mass is 10.1. The highest BCUT2D eigenvalue weighted by molar-refractivity contribution is 5.79. The molecule has 6 nitrogen and oxygen atoms in total. The number of hydrogen-bond donors (Lipinski definition) is 1. The molecule has 0 radical (unpaired) electrons. The molecule has 0 fully saturated rings. The number of ether oxygens (including phenoxy) is 1. The largest absolute Gasteiger partial charge is 0.377 e. The van der Waals surface area contributed by atoms with Crippen molar-refractivity contribution >= 4 is 5.96 Å². The molecule has 0 spiro atoms. The number of aromatic nitrogens is 2. The average Bonchev–Trinajstić information content (AvgIpc) is 3.04. The van der Waals surface area contributed by atoms with Crippen molar-refractivity contribution in [2.75, 3.05) is 20.2 Å². The van der Waals surface area contributed by atoms with Crippen molar-refractivity contribution in [3.05, 3.63) is 52.8 Å². The van der Waals surface area contributed by atoms with Crippen LogP contribution in [0.15, 0.2) is 35.5 Å². The molecule has 2 aromatic rings. The van der Waals surface area contributed by atoms with E-state index in [1.54, 1.807) is 0 Å². The Morgan fingerprint density at radius 2 is 1.89 bits per heavy atom. The van der Waals surface area contributed by atoms with E-state index in [0.29, 0.717) is 19.1 Å². The van der Waals surface area contributed by atoms with Crippen LogP contribution < -0.4 is 5.32 Å². The van der Waals surface area contributed by atoms with Gasteiger partial charge in [-0.2, -0.15) is 5.10 Å². The molecule has 0 bridgehead atoms. The summed E-state index contributed by atoms with van der Waals surface area (Å²) in [4.78, 5) is 6.99. The quantitative estimate of drug-likeness (QED) is 0.528. The molecule has 28 heavy (non-hydrogen) atoms. The summed E-state index contributed by atoms with van der Waals surface area (Å²) >= 11 is 0. The standard InChI is InChI=1S/C22H35N5O/c1-7-23-22(24-13-18-9-11-19(12-10-18)16-28-8-2)26(5)14-20-15-27(6)25-21(20)17(3)4/h9-12,15,17H,7-8,13-14,16H2,1-6H3,(H,23,24). The van der Waals surface area contributed by atoms with E-state index < -0.39 is 0 Å². The number of hydrogen-bond acceptors (Lipinski definition) is 3. The van der Waals surface area contributed by atoms with E-state index in [9.17, 15) is 0 Å². The minimum absolute atomic E-state index is 0.402. The smallest absolute Gasteiger partial charge is 0.194 e. The molecule has 6 heteroatoms. The Morgan fingerprint density at radius 1 is 1.21 bits per heavy atom. The summed E-state index contributed by atoms with van der Waals surface area (Å²) in [5.74, 6) is 1.30. The first-order valence-electron chi connectivity index (χ1n) is 10.1. The van der Waals surface area contributed by atoms with E-state index in [0.717, 1.165) is 31.3 Å². The molecule has 2 rings (SSSR count). The monoisotopic (exact) mass is 385 g/mol. The van der Waals surface area contributed by atoms with Crippen LogP contribution in [0, 0.1) is 0 Å². The lowest BCUT2D eigenvalue weighted by Crippen LogP contribution is -2.38. The maximum Gasteiger partial charge on any atom is 0.194 e. The van der Waals surface area contributed by atoms with Gasteiger partial charge in [0.1, 0.15) is 0 Å². The SMILES string of the molecule is CCNC(=NCc1ccc(COCC)cc1)N(C)Cc1cn(C)nc1C(C)C. The van der Waals surface area contributed by atoms with Crippen LogP contribution in [-0.4, -0.2) is 40.8 Å². The van der Waals surface area contributed by atoms with Crippen molar-refractivity contribution in [2.45, 2.75) is 53.3 Å². The van der Waals surface area contributed by atoms with Crippen LogP contribution in [0.25, 0.3) is 0 Å². The van der Waals surface area contributed by atoms with Crippen molar-refractivity contribution in [3.63, 3.8) is 0 Å². The van der Waals surface area contributed by atoms with Crippen LogP contribution in [0.2, 0.25) is 0 Å². The fourth-order valence-electron chi connectivity index (χ4n) is 3.09. The summed E-state index contributed by atoms with van der Waals surface area (Å²) in [5, 5.41) is 8.01. The van der Waals surface area contributed by atoms with Crippen molar-refractivity contribution in [3.8, 4) is 0 Å². The first kappa shape index (κ1) is 22.0. The number of benzene rings is 1. The molecule has 1 aromatic carbocycles. The Balaban J connectivity index is 2.06. The van der Waals surface area contributed by atoms with Crippen molar-refractivity contribution in [1.29, 1.82) is 0 Å². The third kappa shape index (κ3) is 6.37. The second-order valence-electron chi connectivity index (χ2n) is 7.35. The molecule has 0 aliphatic rings. The van der Waals surface area contributed by atoms with Gasteiger partial charge in [-0.05, 0) is 30.9 Å². The second-order valence-corrected chi connectivity index (χ2v) is 7.35. The van der Waals surface area contributed by atoms with Gasteiger partial charge in [0.2, 0.25) is 0 Å². The van der Waals surface area contributed by atoms with Crippen LogP contribution >= 0.6 is 0 Å². The summed E-state index contributed by atoms with van der Waals surface area (Å²) in [7, 11) is 4.05. The number of nitrogens with one attached hydrogen (secondary N) is 1. The molecule has 0 aliphatic carbocycles. The summed E-state index contributed by atoms with van der Waals surface area (Å²) in [5.41, 5.74) is 4.77. The lowest BCUT2D eigenvalue weighted by molar-refractivity contribution is 0.134. The van der Waals surface area contributed by atoms with Gasteiger partial charge < -0.3 is 15.0 Å². The van der Waals surface area contributed by atoms with Crippen molar-refractivity contribution < 1.29 is 4.74 Å². The van der Waals surface area contributed by atoms with Gasteiger partial charge in [-0.15, -0.1) is 0 Å². The van der Waals surface area contributed by atoms with E-state index in [-0.39, 0.29) is 0 Å². The number of rotatable bonds is 9. The van der Waals surface area contributed by atoms with E-state index >= 15 is 0 Å². The van der Waals surface area contributed by atoms with Gasteiger partial charge >= 0.3 is 0 Å². The van der Waals surface area contributed by atoms with Gasteiger partial charge in [0.05, 0.1) is 18.8 Å². The minimum atomic E-state index is 0.402. The molecular formula is C22H35N5O. The zero-order valence-electron chi connectivity index (χ0n) is 18.2. The van der Waals surface area contributed by atoms with Gasteiger partial charge in [0.15, 0.2) is 5.96 Å². The third-order valence-electron chi connectivity index (χ3n) is 4.50. The molecule has 0 atom stereocenters. The number of guanidine groups is 1. The third-order valence-corrected chi connectivity index (χ3v) is 4.50. The first-order valence-corrected chi connectivity index (χ1v) is 10.1. The molecule has 0 unspecified atom stereocenters. The van der Waals surface area contributed by atoms with Crippen LogP contribution in [-0.2, 0) is 31.5 Å². The maximum absolute atomic E-state index is 5.45. The number of aryl methyl sites for hydroxylation is 1. The van der Waals surface area contributed by atoms with E-state index in [1.807, 2.05) is 18.7 Å². The summed E-state index contributed by atoms with van der Waals surface area (Å²) in [6, 6.07) is 8.47. The molecule has 1 N–H and O–H groups in total. The molecule has 1 heterocycles. The minimum Gasteiger partial charge on any atom is -0.377 e. The van der Waals surface area contributed by atoms with Crippen molar-refractivity contribution in [1.82, 2.24) is 20.0 Å². The highest BCUT2D eigenvalue weighted by Crippen LogP contribution is 2.18. The van der Waals surface area contributed by atoms with Crippen LogP contribution in [0.4, 0.5) is 0 Å². The Morgan fingerprint density at radius 3 is 2.50 bits per heavy atom. The highest BCUT2D eigenvalue weighted by atomic mass is 16.5. The van der Waals surface area contributed by atoms with E-state index in [1.165, 1.54) is 16.7 Å². The predicted octanol–water partition coefficient (Wildman–Crippen LogP) is 3.68. The van der Waals surface area contributed by atoms with Crippen molar-refractivity contribution in [2.24, 2.45) is 12.0 Å². The lowest BCUT2D eigenvalue weighted by Gasteiger charge is -2.22. The Kier molecular flexibility index (Phi) is 8.51. The van der Waals surface area contributed by atoms with Crippen LogP contribution in [0.1, 0.15) is 56.0 Å². The van der Waals surface area contributed by atoms with Gasteiger partial charge in [-0.1, -0.05) is 38.1 Å². The highest BCUT2D eigenvalue weighted by Gasteiger charge is 2.15. The Labute approximate surface area is 169 Å². The Bertz CT molecular complexity index is 749. The predicted molar refractivity (Wildman–Crippen MR) is 115 cm³/mol. The Hall–Kier alpha value is -2.34. The number of nitrogens with zero attached hydrogens (tertiary/aromatic N) is 4. The van der Waals surface area contributed by atoms with Gasteiger partial charge in [0, 0.05) is 45.6 Å². The zero-order valence-corrected chi connectivity index (χ0v) is 18.2. The average molecular weight is 386 g/mol. The first-order chi connectivity index (χ1) is 13.4. The molecule has 0 aliphatic heterocycles. The molecule has 1 aromatic heterocycles. The van der Waals surface area contributed by atoms with Gasteiger partial charge in [-0.25, -0.2) is 4.99 Å². The fraction of sp³-hybridized carbons (Fsp3) is 0.545. The molecule has 0 amide bonds. The summed E-state index contributed by atoms with van der Waals surface area (Å²) in [6.45, 7) is 12.1. The fourth-order valence-corrected chi connectivity index (χ4v) is 3.09. The summed E-state index contributed by atoms with van der Waals surface area (Å²) in [6.07, 6.45) is 2.10.